The maximum Gasteiger partial charge on any atom is 0.326 e. The molecule has 0 saturated heterocycles. The summed E-state index contributed by atoms with van der Waals surface area (Å²) in [6, 6.07) is 9.33. The van der Waals surface area contributed by atoms with E-state index < -0.39 is 22.5 Å². The Hall–Kier alpha value is -1.96. The maximum absolute atomic E-state index is 13.2. The SMILES string of the molecule is COC(=O)CN(c1ccc(C)cc1)S(=O)(=O)c1ccc(OC)c(Cl)c1Cl. The molecule has 0 N–H and O–H groups in total. The fraction of sp³-hybridized carbons (Fsp3) is 0.235. The number of esters is 1. The molecule has 9 heteroatoms. The van der Waals surface area contributed by atoms with Crippen molar-refractivity contribution in [1.29, 1.82) is 0 Å². The molecule has 0 aromatic heterocycles. The molecule has 2 aromatic rings. The van der Waals surface area contributed by atoms with E-state index in [1.54, 1.807) is 24.3 Å². The first-order valence-corrected chi connectivity index (χ1v) is 9.60. The van der Waals surface area contributed by atoms with Crippen molar-refractivity contribution in [2.45, 2.75) is 11.8 Å². The van der Waals surface area contributed by atoms with Crippen molar-refractivity contribution in [3.05, 3.63) is 52.0 Å². The largest absolute Gasteiger partial charge is 0.495 e. The van der Waals surface area contributed by atoms with Crippen LogP contribution in [0.5, 0.6) is 5.75 Å². The predicted octanol–water partition coefficient (Wildman–Crippen LogP) is 3.68. The van der Waals surface area contributed by atoms with Crippen LogP contribution in [-0.4, -0.2) is 35.2 Å². The number of sulfonamides is 1. The van der Waals surface area contributed by atoms with Gasteiger partial charge in [0.05, 0.1) is 24.9 Å². The molecule has 0 heterocycles. The lowest BCUT2D eigenvalue weighted by Crippen LogP contribution is -2.36. The van der Waals surface area contributed by atoms with Crippen LogP contribution in [0.25, 0.3) is 0 Å². The minimum Gasteiger partial charge on any atom is -0.495 e. The smallest absolute Gasteiger partial charge is 0.326 e. The summed E-state index contributed by atoms with van der Waals surface area (Å²) in [5.74, 6) is -0.477. The van der Waals surface area contributed by atoms with E-state index >= 15 is 0 Å². The molecule has 0 saturated carbocycles. The first-order valence-electron chi connectivity index (χ1n) is 7.40. The Kier molecular flexibility index (Phi) is 6.39. The number of rotatable bonds is 6. The molecule has 2 aromatic carbocycles. The zero-order valence-electron chi connectivity index (χ0n) is 14.3. The average molecular weight is 418 g/mol. The Bertz CT molecular complexity index is 913. The van der Waals surface area contributed by atoms with E-state index in [1.165, 1.54) is 26.4 Å². The topological polar surface area (TPSA) is 72.9 Å². The third-order valence-corrected chi connectivity index (χ3v) is 6.41. The molecule has 2 rings (SSSR count). The number of carbonyl (C=O) groups excluding carboxylic acids is 1. The summed E-state index contributed by atoms with van der Waals surface area (Å²) in [4.78, 5) is 11.5. The van der Waals surface area contributed by atoms with Gasteiger partial charge in [0, 0.05) is 0 Å². The minimum atomic E-state index is -4.19. The number of nitrogens with zero attached hydrogens (tertiary/aromatic N) is 1. The van der Waals surface area contributed by atoms with Crippen molar-refractivity contribution in [2.24, 2.45) is 0 Å². The lowest BCUT2D eigenvalue weighted by Gasteiger charge is -2.24. The number of hydrogen-bond acceptors (Lipinski definition) is 5. The van der Waals surface area contributed by atoms with E-state index in [0.717, 1.165) is 9.87 Å². The van der Waals surface area contributed by atoms with Crippen LogP contribution < -0.4 is 9.04 Å². The number of carbonyl (C=O) groups is 1. The summed E-state index contributed by atoms with van der Waals surface area (Å²) < 4.78 is 36.9. The van der Waals surface area contributed by atoms with Gasteiger partial charge in [0.25, 0.3) is 10.0 Å². The number of anilines is 1. The first kappa shape index (κ1) is 20.4. The standard InChI is InChI=1S/C17H17Cl2NO5S/c1-11-4-6-12(7-5-11)20(10-15(21)25-3)26(22,23)14-9-8-13(24-2)16(18)17(14)19/h4-9H,10H2,1-3H3. The lowest BCUT2D eigenvalue weighted by molar-refractivity contribution is -0.138. The van der Waals surface area contributed by atoms with Crippen molar-refractivity contribution in [3.8, 4) is 5.75 Å². The summed E-state index contributed by atoms with van der Waals surface area (Å²) in [6.45, 7) is 1.35. The second kappa shape index (κ2) is 8.16. The van der Waals surface area contributed by atoms with Gasteiger partial charge in [0.1, 0.15) is 22.2 Å². The molecule has 0 unspecified atom stereocenters. The molecule has 6 nitrogen and oxygen atoms in total. The number of benzene rings is 2. The van der Waals surface area contributed by atoms with Crippen molar-refractivity contribution in [2.75, 3.05) is 25.1 Å². The number of aryl methyl sites for hydroxylation is 1. The third kappa shape index (κ3) is 4.06. The van der Waals surface area contributed by atoms with Gasteiger partial charge in [0.15, 0.2) is 0 Å². The Morgan fingerprint density at radius 3 is 2.19 bits per heavy atom. The normalized spacial score (nSPS) is 11.1. The molecule has 0 fully saturated rings. The molecular formula is C17H17Cl2NO5S. The van der Waals surface area contributed by atoms with Crippen molar-refractivity contribution < 1.29 is 22.7 Å². The highest BCUT2D eigenvalue weighted by molar-refractivity contribution is 7.93. The highest BCUT2D eigenvalue weighted by Gasteiger charge is 2.31. The van der Waals surface area contributed by atoms with E-state index in [1.807, 2.05) is 6.92 Å². The average Bonchev–Trinajstić information content (AvgIpc) is 2.62. The molecule has 0 aliphatic rings. The van der Waals surface area contributed by atoms with Crippen LogP contribution in [0.2, 0.25) is 10.0 Å². The number of hydrogen-bond donors (Lipinski definition) is 0. The van der Waals surface area contributed by atoms with Crippen LogP contribution in [0.1, 0.15) is 5.56 Å². The van der Waals surface area contributed by atoms with Gasteiger partial charge < -0.3 is 9.47 Å². The Morgan fingerprint density at radius 2 is 1.65 bits per heavy atom. The molecule has 0 radical (unpaired) electrons. The predicted molar refractivity (Wildman–Crippen MR) is 101 cm³/mol. The highest BCUT2D eigenvalue weighted by atomic mass is 35.5. The summed E-state index contributed by atoms with van der Waals surface area (Å²) in [5, 5.41) is -0.217. The van der Waals surface area contributed by atoms with Crippen LogP contribution in [0.3, 0.4) is 0 Å². The van der Waals surface area contributed by atoms with E-state index in [2.05, 4.69) is 4.74 Å². The summed E-state index contributed by atoms with van der Waals surface area (Å²) in [5.41, 5.74) is 1.23. The van der Waals surface area contributed by atoms with Crippen LogP contribution in [0.4, 0.5) is 5.69 Å². The van der Waals surface area contributed by atoms with Gasteiger partial charge in [-0.2, -0.15) is 0 Å². The second-order valence-corrected chi connectivity index (χ2v) is 7.90. The minimum absolute atomic E-state index is 0.0304. The molecule has 0 atom stereocenters. The van der Waals surface area contributed by atoms with Crippen molar-refractivity contribution in [1.82, 2.24) is 0 Å². The Labute approximate surface area is 162 Å². The van der Waals surface area contributed by atoms with Crippen LogP contribution in [0, 0.1) is 6.92 Å². The first-order chi connectivity index (χ1) is 12.2. The molecule has 0 aliphatic heterocycles. The van der Waals surface area contributed by atoms with Crippen LogP contribution in [0.15, 0.2) is 41.3 Å². The van der Waals surface area contributed by atoms with Gasteiger partial charge in [-0.05, 0) is 31.2 Å². The van der Waals surface area contributed by atoms with Crippen molar-refractivity contribution >= 4 is 44.9 Å². The van der Waals surface area contributed by atoms with E-state index in [4.69, 9.17) is 27.9 Å². The van der Waals surface area contributed by atoms with Gasteiger partial charge >= 0.3 is 5.97 Å². The summed E-state index contributed by atoms with van der Waals surface area (Å²) in [6.07, 6.45) is 0. The van der Waals surface area contributed by atoms with E-state index in [0.29, 0.717) is 5.69 Å². The molecule has 0 aliphatic carbocycles. The van der Waals surface area contributed by atoms with Gasteiger partial charge in [0.2, 0.25) is 0 Å². The second-order valence-electron chi connectivity index (χ2n) is 5.32. The van der Waals surface area contributed by atoms with Gasteiger partial charge in [-0.25, -0.2) is 8.42 Å². The molecule has 0 amide bonds. The van der Waals surface area contributed by atoms with Crippen molar-refractivity contribution in [3.63, 3.8) is 0 Å². The number of methoxy groups -OCH3 is 2. The fourth-order valence-electron chi connectivity index (χ4n) is 2.20. The Morgan fingerprint density at radius 1 is 1.04 bits per heavy atom. The maximum atomic E-state index is 13.2. The molecule has 26 heavy (non-hydrogen) atoms. The zero-order valence-corrected chi connectivity index (χ0v) is 16.7. The quantitative estimate of drug-likeness (QED) is 0.670. The van der Waals surface area contributed by atoms with Gasteiger partial charge in [-0.3, -0.25) is 9.10 Å². The summed E-state index contributed by atoms with van der Waals surface area (Å²) in [7, 11) is -1.62. The summed E-state index contributed by atoms with van der Waals surface area (Å²) >= 11 is 12.2. The molecule has 0 bridgehead atoms. The highest BCUT2D eigenvalue weighted by Crippen LogP contribution is 2.38. The number of ether oxygens (including phenoxy) is 2. The van der Waals surface area contributed by atoms with E-state index in [-0.39, 0.29) is 20.7 Å². The number of halogens is 2. The molecule has 140 valence electrons. The zero-order chi connectivity index (χ0) is 19.5. The third-order valence-electron chi connectivity index (χ3n) is 3.62. The van der Waals surface area contributed by atoms with E-state index in [9.17, 15) is 13.2 Å². The van der Waals surface area contributed by atoms with Gasteiger partial charge in [-0.15, -0.1) is 0 Å². The molecular weight excluding hydrogens is 401 g/mol. The molecule has 0 spiro atoms. The lowest BCUT2D eigenvalue weighted by atomic mass is 10.2. The van der Waals surface area contributed by atoms with Crippen LogP contribution in [-0.2, 0) is 19.6 Å². The monoisotopic (exact) mass is 417 g/mol. The Balaban J connectivity index is 2.61. The fourth-order valence-corrected chi connectivity index (χ4v) is 4.42. The van der Waals surface area contributed by atoms with Crippen LogP contribution >= 0.6 is 23.2 Å². The van der Waals surface area contributed by atoms with Gasteiger partial charge in [-0.1, -0.05) is 40.9 Å².